The van der Waals surface area contributed by atoms with Crippen molar-refractivity contribution < 1.29 is 14.6 Å². The lowest BCUT2D eigenvalue weighted by atomic mass is 10.1. The van der Waals surface area contributed by atoms with Gasteiger partial charge in [0.2, 0.25) is 0 Å². The van der Waals surface area contributed by atoms with Gasteiger partial charge in [0.1, 0.15) is 5.75 Å². The number of unbranched alkanes of at least 4 members (excludes halogenated alkanes) is 1. The van der Waals surface area contributed by atoms with Crippen molar-refractivity contribution in [1.29, 1.82) is 0 Å². The third kappa shape index (κ3) is 2.89. The van der Waals surface area contributed by atoms with Crippen LogP contribution in [-0.4, -0.2) is 17.7 Å². The van der Waals surface area contributed by atoms with Gasteiger partial charge in [-0.15, -0.1) is 0 Å². The molecule has 0 heterocycles. The standard InChI is InChI=1S/C12H17NO3/c1-3-4-5-16-11-7-9(12(14)15)6-10(13)8(11)2/h6-7H,3-5,13H2,1-2H3,(H,14,15). The van der Waals surface area contributed by atoms with Crippen LogP contribution in [0.25, 0.3) is 0 Å². The van der Waals surface area contributed by atoms with E-state index in [4.69, 9.17) is 15.6 Å². The normalized spacial score (nSPS) is 10.1. The zero-order valence-corrected chi connectivity index (χ0v) is 9.62. The van der Waals surface area contributed by atoms with Crippen LogP contribution in [0.1, 0.15) is 35.7 Å². The summed E-state index contributed by atoms with van der Waals surface area (Å²) in [6.07, 6.45) is 1.98. The van der Waals surface area contributed by atoms with Crippen LogP contribution >= 0.6 is 0 Å². The van der Waals surface area contributed by atoms with E-state index in [-0.39, 0.29) is 5.56 Å². The molecular weight excluding hydrogens is 206 g/mol. The van der Waals surface area contributed by atoms with Crippen molar-refractivity contribution in [3.05, 3.63) is 23.3 Å². The van der Waals surface area contributed by atoms with Gasteiger partial charge >= 0.3 is 5.97 Å². The molecule has 3 N–H and O–H groups in total. The predicted octanol–water partition coefficient (Wildman–Crippen LogP) is 2.45. The van der Waals surface area contributed by atoms with Crippen molar-refractivity contribution in [3.63, 3.8) is 0 Å². The number of anilines is 1. The Balaban J connectivity index is 2.93. The fraction of sp³-hybridized carbons (Fsp3) is 0.417. The first-order valence-corrected chi connectivity index (χ1v) is 5.32. The average molecular weight is 223 g/mol. The van der Waals surface area contributed by atoms with E-state index in [1.807, 2.05) is 6.92 Å². The molecule has 4 nitrogen and oxygen atoms in total. The first-order chi connectivity index (χ1) is 7.56. The van der Waals surface area contributed by atoms with Crippen LogP contribution in [0.4, 0.5) is 5.69 Å². The van der Waals surface area contributed by atoms with E-state index in [1.165, 1.54) is 12.1 Å². The van der Waals surface area contributed by atoms with Crippen LogP contribution in [0.2, 0.25) is 0 Å². The number of carboxylic acids is 1. The molecule has 0 spiro atoms. The Kier molecular flexibility index (Phi) is 4.17. The van der Waals surface area contributed by atoms with Gasteiger partial charge in [-0.05, 0) is 25.5 Å². The molecule has 1 aromatic rings. The van der Waals surface area contributed by atoms with Crippen molar-refractivity contribution in [2.24, 2.45) is 0 Å². The highest BCUT2D eigenvalue weighted by Crippen LogP contribution is 2.26. The molecule has 0 bridgehead atoms. The number of nitrogens with two attached hydrogens (primary N) is 1. The molecule has 0 aliphatic carbocycles. The minimum absolute atomic E-state index is 0.162. The number of hydrogen-bond donors (Lipinski definition) is 2. The third-order valence-electron chi connectivity index (χ3n) is 2.40. The SMILES string of the molecule is CCCCOc1cc(C(=O)O)cc(N)c1C. The Bertz CT molecular complexity index is 388. The molecule has 16 heavy (non-hydrogen) atoms. The van der Waals surface area contributed by atoms with E-state index < -0.39 is 5.97 Å². The van der Waals surface area contributed by atoms with Crippen LogP contribution in [-0.2, 0) is 0 Å². The van der Waals surface area contributed by atoms with E-state index in [9.17, 15) is 4.79 Å². The van der Waals surface area contributed by atoms with Crippen LogP contribution in [0.3, 0.4) is 0 Å². The first-order valence-electron chi connectivity index (χ1n) is 5.32. The van der Waals surface area contributed by atoms with Gasteiger partial charge < -0.3 is 15.6 Å². The number of benzene rings is 1. The van der Waals surface area contributed by atoms with E-state index in [0.29, 0.717) is 18.0 Å². The number of nitrogen functional groups attached to an aromatic ring is 1. The highest BCUT2D eigenvalue weighted by atomic mass is 16.5. The molecular formula is C12H17NO3. The zero-order valence-electron chi connectivity index (χ0n) is 9.62. The van der Waals surface area contributed by atoms with E-state index in [2.05, 4.69) is 6.92 Å². The lowest BCUT2D eigenvalue weighted by molar-refractivity contribution is 0.0696. The summed E-state index contributed by atoms with van der Waals surface area (Å²) in [5, 5.41) is 8.89. The van der Waals surface area contributed by atoms with Gasteiger partial charge in [-0.3, -0.25) is 0 Å². The zero-order chi connectivity index (χ0) is 12.1. The van der Waals surface area contributed by atoms with E-state index in [1.54, 1.807) is 0 Å². The van der Waals surface area contributed by atoms with Crippen LogP contribution in [0.5, 0.6) is 5.75 Å². The first kappa shape index (κ1) is 12.4. The summed E-state index contributed by atoms with van der Waals surface area (Å²) in [6, 6.07) is 2.97. The quantitative estimate of drug-likeness (QED) is 0.594. The second-order valence-corrected chi connectivity index (χ2v) is 3.70. The molecule has 0 atom stereocenters. The smallest absolute Gasteiger partial charge is 0.335 e. The molecule has 0 amide bonds. The number of ether oxygens (including phenoxy) is 1. The number of aromatic carboxylic acids is 1. The molecule has 4 heteroatoms. The largest absolute Gasteiger partial charge is 0.493 e. The molecule has 0 aliphatic heterocycles. The Hall–Kier alpha value is -1.71. The summed E-state index contributed by atoms with van der Waals surface area (Å²) in [4.78, 5) is 10.8. The maximum absolute atomic E-state index is 10.8. The average Bonchev–Trinajstić information content (AvgIpc) is 2.24. The fourth-order valence-corrected chi connectivity index (χ4v) is 1.31. The molecule has 0 saturated carbocycles. The Morgan fingerprint density at radius 2 is 2.19 bits per heavy atom. The summed E-state index contributed by atoms with van der Waals surface area (Å²) in [5.41, 5.74) is 7.12. The van der Waals surface area contributed by atoms with Gasteiger partial charge in [-0.2, -0.15) is 0 Å². The van der Waals surface area contributed by atoms with Crippen LogP contribution < -0.4 is 10.5 Å². The highest BCUT2D eigenvalue weighted by molar-refractivity contribution is 5.89. The maximum atomic E-state index is 10.8. The van der Waals surface area contributed by atoms with Gasteiger partial charge in [0.25, 0.3) is 0 Å². The van der Waals surface area contributed by atoms with Crippen molar-refractivity contribution >= 4 is 11.7 Å². The van der Waals surface area contributed by atoms with Gasteiger partial charge in [-0.25, -0.2) is 4.79 Å². The number of carbonyl (C=O) groups is 1. The summed E-state index contributed by atoms with van der Waals surface area (Å²) < 4.78 is 5.51. The van der Waals surface area contributed by atoms with E-state index in [0.717, 1.165) is 18.4 Å². The maximum Gasteiger partial charge on any atom is 0.335 e. The molecule has 0 saturated heterocycles. The molecule has 0 fully saturated rings. The summed E-state index contributed by atoms with van der Waals surface area (Å²) in [7, 11) is 0. The molecule has 0 aliphatic rings. The van der Waals surface area contributed by atoms with Crippen LogP contribution in [0.15, 0.2) is 12.1 Å². The summed E-state index contributed by atoms with van der Waals surface area (Å²) >= 11 is 0. The van der Waals surface area contributed by atoms with Gasteiger partial charge in [-0.1, -0.05) is 13.3 Å². The molecule has 88 valence electrons. The monoisotopic (exact) mass is 223 g/mol. The molecule has 1 rings (SSSR count). The van der Waals surface area contributed by atoms with Crippen LogP contribution in [0, 0.1) is 6.92 Å². The van der Waals surface area contributed by atoms with Crippen molar-refractivity contribution in [1.82, 2.24) is 0 Å². The fourth-order valence-electron chi connectivity index (χ4n) is 1.31. The van der Waals surface area contributed by atoms with Gasteiger partial charge in [0.15, 0.2) is 0 Å². The van der Waals surface area contributed by atoms with Gasteiger partial charge in [0, 0.05) is 11.3 Å². The highest BCUT2D eigenvalue weighted by Gasteiger charge is 2.10. The molecule has 0 unspecified atom stereocenters. The lowest BCUT2D eigenvalue weighted by Gasteiger charge is -2.11. The molecule has 1 aromatic carbocycles. The van der Waals surface area contributed by atoms with Crippen molar-refractivity contribution in [2.45, 2.75) is 26.7 Å². The summed E-state index contributed by atoms with van der Waals surface area (Å²) in [6.45, 7) is 4.47. The summed E-state index contributed by atoms with van der Waals surface area (Å²) in [5.74, 6) is -0.433. The molecule has 0 aromatic heterocycles. The number of hydrogen-bond acceptors (Lipinski definition) is 3. The Morgan fingerprint density at radius 1 is 1.50 bits per heavy atom. The van der Waals surface area contributed by atoms with Crippen molar-refractivity contribution in [3.8, 4) is 5.75 Å². The number of carboxylic acid groups (broad SMARTS) is 1. The third-order valence-corrected chi connectivity index (χ3v) is 2.40. The number of rotatable bonds is 5. The second-order valence-electron chi connectivity index (χ2n) is 3.70. The van der Waals surface area contributed by atoms with Crippen molar-refractivity contribution in [2.75, 3.05) is 12.3 Å². The minimum Gasteiger partial charge on any atom is -0.493 e. The second kappa shape index (κ2) is 5.39. The lowest BCUT2D eigenvalue weighted by Crippen LogP contribution is -2.04. The predicted molar refractivity (Wildman–Crippen MR) is 63.0 cm³/mol. The Morgan fingerprint density at radius 3 is 2.75 bits per heavy atom. The topological polar surface area (TPSA) is 72.5 Å². The van der Waals surface area contributed by atoms with E-state index >= 15 is 0 Å². The Labute approximate surface area is 95.0 Å². The molecule has 0 radical (unpaired) electrons. The van der Waals surface area contributed by atoms with Gasteiger partial charge in [0.05, 0.1) is 12.2 Å². The minimum atomic E-state index is -0.993.